The number of hydrogen-bond donors (Lipinski definition) is 0. The van der Waals surface area contributed by atoms with Crippen molar-refractivity contribution in [1.29, 1.82) is 0 Å². The number of hydrogen-bond acceptors (Lipinski definition) is 1. The van der Waals surface area contributed by atoms with Crippen LogP contribution in [0.2, 0.25) is 0 Å². The third kappa shape index (κ3) is 3.13. The molecule has 0 fully saturated rings. The van der Waals surface area contributed by atoms with Crippen molar-refractivity contribution >= 4 is 0 Å². The van der Waals surface area contributed by atoms with Crippen LogP contribution in [0.5, 0.6) is 0 Å². The smallest absolute Gasteiger partial charge is 0.0550 e. The predicted octanol–water partition coefficient (Wildman–Crippen LogP) is 3.92. The van der Waals surface area contributed by atoms with Gasteiger partial charge in [-0.25, -0.2) is 0 Å². The Morgan fingerprint density at radius 1 is 1.25 bits per heavy atom. The second-order valence-electron chi connectivity index (χ2n) is 4.83. The largest absolute Gasteiger partial charge is 0.370 e. The van der Waals surface area contributed by atoms with Crippen molar-refractivity contribution in [3.63, 3.8) is 0 Å². The lowest BCUT2D eigenvalue weighted by molar-refractivity contribution is 0.212. The molecule has 1 atom stereocenters. The Bertz CT molecular complexity index is 307. The molecule has 1 aliphatic heterocycles. The molecule has 0 radical (unpaired) electrons. The summed E-state index contributed by atoms with van der Waals surface area (Å²) >= 11 is 0. The van der Waals surface area contributed by atoms with Gasteiger partial charge in [-0.15, -0.1) is 6.58 Å². The normalized spacial score (nSPS) is 29.7. The zero-order chi connectivity index (χ0) is 12.0. The predicted molar refractivity (Wildman–Crippen MR) is 72.2 cm³/mol. The highest BCUT2D eigenvalue weighted by molar-refractivity contribution is 5.19. The van der Waals surface area contributed by atoms with Gasteiger partial charge in [-0.05, 0) is 18.7 Å². The molecule has 16 heavy (non-hydrogen) atoms. The lowest BCUT2D eigenvalue weighted by Crippen LogP contribution is -2.40. The molecule has 0 spiro atoms. The van der Waals surface area contributed by atoms with Crippen LogP contribution in [-0.2, 0) is 0 Å². The fourth-order valence-electron chi connectivity index (χ4n) is 2.12. The first-order valence-electron chi connectivity index (χ1n) is 6.03. The van der Waals surface area contributed by atoms with Crippen molar-refractivity contribution in [2.24, 2.45) is 5.41 Å². The van der Waals surface area contributed by atoms with Crippen LogP contribution < -0.4 is 0 Å². The van der Waals surface area contributed by atoms with E-state index in [1.54, 1.807) is 0 Å². The lowest BCUT2D eigenvalue weighted by Gasteiger charge is -2.38. The zero-order valence-corrected chi connectivity index (χ0v) is 10.7. The highest BCUT2D eigenvalue weighted by atomic mass is 15.1. The van der Waals surface area contributed by atoms with Gasteiger partial charge < -0.3 is 4.90 Å². The van der Waals surface area contributed by atoms with Gasteiger partial charge in [-0.3, -0.25) is 0 Å². The van der Waals surface area contributed by atoms with Gasteiger partial charge in [0.05, 0.1) is 6.04 Å². The fourth-order valence-corrected chi connectivity index (χ4v) is 2.12. The average molecular weight is 217 g/mol. The Morgan fingerprint density at radius 3 is 2.56 bits per heavy atom. The molecule has 1 unspecified atom stereocenters. The molecule has 88 valence electrons. The maximum Gasteiger partial charge on any atom is 0.0550 e. The minimum Gasteiger partial charge on any atom is -0.370 e. The van der Waals surface area contributed by atoms with E-state index < -0.39 is 0 Å². The van der Waals surface area contributed by atoms with E-state index in [1.165, 1.54) is 0 Å². The zero-order valence-electron chi connectivity index (χ0n) is 10.7. The van der Waals surface area contributed by atoms with Gasteiger partial charge in [0.1, 0.15) is 0 Å². The maximum atomic E-state index is 3.99. The Hall–Kier alpha value is -1.24. The summed E-state index contributed by atoms with van der Waals surface area (Å²) in [5, 5.41) is 0. The van der Waals surface area contributed by atoms with Gasteiger partial charge >= 0.3 is 0 Å². The second kappa shape index (κ2) is 5.74. The monoisotopic (exact) mass is 217 g/mol. The molecule has 0 amide bonds. The number of rotatable bonds is 3. The summed E-state index contributed by atoms with van der Waals surface area (Å²) in [5.74, 6) is 0. The van der Waals surface area contributed by atoms with Crippen LogP contribution in [0.25, 0.3) is 0 Å². The molecule has 0 bridgehead atoms. The molecule has 0 aliphatic carbocycles. The van der Waals surface area contributed by atoms with E-state index in [2.05, 4.69) is 74.9 Å². The standard InChI is InChI=1S/C15H23N/c1-5-12-16-13-10-8-7-9-11-15(3,4)14(16)6-2/h6-11,13-14H,2,5,12H2,1,3-4H3/b8-7-,11-9+,13-10+. The van der Waals surface area contributed by atoms with Crippen LogP contribution in [0.3, 0.4) is 0 Å². The molecular formula is C15H23N. The molecule has 1 heteroatoms. The van der Waals surface area contributed by atoms with Gasteiger partial charge in [-0.2, -0.15) is 0 Å². The third-order valence-electron chi connectivity index (χ3n) is 2.96. The van der Waals surface area contributed by atoms with Crippen molar-refractivity contribution in [3.8, 4) is 0 Å². The van der Waals surface area contributed by atoms with Gasteiger partial charge in [0, 0.05) is 12.0 Å². The summed E-state index contributed by atoms with van der Waals surface area (Å²) in [6.45, 7) is 11.8. The lowest BCUT2D eigenvalue weighted by atomic mass is 9.83. The topological polar surface area (TPSA) is 3.24 Å². The van der Waals surface area contributed by atoms with E-state index in [4.69, 9.17) is 0 Å². The van der Waals surface area contributed by atoms with Gasteiger partial charge in [0.15, 0.2) is 0 Å². The Kier molecular flexibility index (Phi) is 4.60. The van der Waals surface area contributed by atoms with Crippen molar-refractivity contribution < 1.29 is 0 Å². The SMILES string of the molecule is C=CC1N(CCC)/C=C/C=C\C=C\C1(C)C. The molecule has 1 heterocycles. The molecule has 0 saturated carbocycles. The van der Waals surface area contributed by atoms with E-state index in [0.29, 0.717) is 6.04 Å². The summed E-state index contributed by atoms with van der Waals surface area (Å²) in [5.41, 5.74) is 0.107. The molecule has 0 aromatic rings. The van der Waals surface area contributed by atoms with Gasteiger partial charge in [-0.1, -0.05) is 51.2 Å². The Morgan fingerprint density at radius 2 is 1.94 bits per heavy atom. The van der Waals surface area contributed by atoms with Gasteiger partial charge in [0.25, 0.3) is 0 Å². The number of allylic oxidation sites excluding steroid dienone is 4. The van der Waals surface area contributed by atoms with Crippen LogP contribution in [0.15, 0.2) is 49.2 Å². The fraction of sp³-hybridized carbons (Fsp3) is 0.467. The van der Waals surface area contributed by atoms with Crippen molar-refractivity contribution in [2.75, 3.05) is 6.54 Å². The molecule has 1 aliphatic rings. The van der Waals surface area contributed by atoms with Crippen LogP contribution in [0.1, 0.15) is 27.2 Å². The summed E-state index contributed by atoms with van der Waals surface area (Å²) in [7, 11) is 0. The summed E-state index contributed by atoms with van der Waals surface area (Å²) in [6.07, 6.45) is 16.0. The minimum absolute atomic E-state index is 0.107. The van der Waals surface area contributed by atoms with E-state index in [0.717, 1.165) is 13.0 Å². The van der Waals surface area contributed by atoms with Crippen molar-refractivity contribution in [1.82, 2.24) is 4.90 Å². The first kappa shape index (κ1) is 12.8. The molecule has 0 aromatic carbocycles. The van der Waals surface area contributed by atoms with Gasteiger partial charge in [0.2, 0.25) is 0 Å². The van der Waals surface area contributed by atoms with E-state index in [-0.39, 0.29) is 5.41 Å². The third-order valence-corrected chi connectivity index (χ3v) is 2.96. The van der Waals surface area contributed by atoms with E-state index in [1.807, 2.05) is 0 Å². The molecule has 1 rings (SSSR count). The molecule has 1 nitrogen and oxygen atoms in total. The highest BCUT2D eigenvalue weighted by Crippen LogP contribution is 2.29. The molecule has 0 saturated heterocycles. The Balaban J connectivity index is 3.03. The first-order chi connectivity index (χ1) is 7.61. The van der Waals surface area contributed by atoms with Crippen molar-refractivity contribution in [2.45, 2.75) is 33.2 Å². The summed E-state index contributed by atoms with van der Waals surface area (Å²) in [6, 6.07) is 0.347. The maximum absolute atomic E-state index is 3.99. The number of nitrogens with zero attached hydrogens (tertiary/aromatic N) is 1. The average Bonchev–Trinajstić information content (AvgIpc) is 2.28. The van der Waals surface area contributed by atoms with E-state index >= 15 is 0 Å². The molecular weight excluding hydrogens is 194 g/mol. The van der Waals surface area contributed by atoms with Crippen LogP contribution in [-0.4, -0.2) is 17.5 Å². The van der Waals surface area contributed by atoms with Crippen molar-refractivity contribution in [3.05, 3.63) is 49.2 Å². The van der Waals surface area contributed by atoms with Crippen LogP contribution in [0, 0.1) is 5.41 Å². The summed E-state index contributed by atoms with van der Waals surface area (Å²) < 4.78 is 0. The minimum atomic E-state index is 0.107. The summed E-state index contributed by atoms with van der Waals surface area (Å²) in [4.78, 5) is 2.37. The molecule has 0 N–H and O–H groups in total. The molecule has 0 aromatic heterocycles. The Labute approximate surface area is 99.8 Å². The van der Waals surface area contributed by atoms with Crippen LogP contribution in [0.4, 0.5) is 0 Å². The van der Waals surface area contributed by atoms with E-state index in [9.17, 15) is 0 Å². The van der Waals surface area contributed by atoms with Crippen LogP contribution >= 0.6 is 0 Å². The highest BCUT2D eigenvalue weighted by Gasteiger charge is 2.27. The first-order valence-corrected chi connectivity index (χ1v) is 6.03. The quantitative estimate of drug-likeness (QED) is 0.648. The second-order valence-corrected chi connectivity index (χ2v) is 4.83.